The van der Waals surface area contributed by atoms with Gasteiger partial charge in [0.2, 0.25) is 0 Å². The molecule has 2 rings (SSSR count). The molecule has 0 saturated heterocycles. The molecule has 0 fully saturated rings. The number of nitrogens with zero attached hydrogens (tertiary/aromatic N) is 2. The first-order chi connectivity index (χ1) is 11.0. The Labute approximate surface area is 137 Å². The fraction of sp³-hybridized carbons (Fsp3) is 0.389. The number of anilines is 1. The van der Waals surface area contributed by atoms with Gasteiger partial charge in [-0.05, 0) is 24.8 Å². The predicted octanol–water partition coefficient (Wildman–Crippen LogP) is 2.83. The molecular weight excluding hydrogens is 288 g/mol. The molecule has 2 N–H and O–H groups in total. The fourth-order valence-corrected chi connectivity index (χ4v) is 2.14. The summed E-state index contributed by atoms with van der Waals surface area (Å²) in [4.78, 5) is 20.8. The highest BCUT2D eigenvalue weighted by Crippen LogP contribution is 2.08. The van der Waals surface area contributed by atoms with E-state index in [-0.39, 0.29) is 5.91 Å². The molecule has 0 unspecified atom stereocenters. The quantitative estimate of drug-likeness (QED) is 0.825. The molecule has 0 radical (unpaired) electrons. The zero-order valence-electron chi connectivity index (χ0n) is 14.0. The molecule has 0 aliphatic carbocycles. The van der Waals surface area contributed by atoms with E-state index < -0.39 is 0 Å². The van der Waals surface area contributed by atoms with Gasteiger partial charge in [0.1, 0.15) is 17.3 Å². The van der Waals surface area contributed by atoms with Gasteiger partial charge in [-0.25, -0.2) is 9.97 Å². The summed E-state index contributed by atoms with van der Waals surface area (Å²) >= 11 is 0. The monoisotopic (exact) mass is 312 g/mol. The van der Waals surface area contributed by atoms with E-state index in [0.29, 0.717) is 29.8 Å². The largest absolute Gasteiger partial charge is 0.370 e. The third-order valence-electron chi connectivity index (χ3n) is 3.30. The summed E-state index contributed by atoms with van der Waals surface area (Å²) in [6, 6.07) is 11.8. The second-order valence-corrected chi connectivity index (χ2v) is 5.95. The van der Waals surface area contributed by atoms with Crippen molar-refractivity contribution in [3.05, 3.63) is 53.5 Å². The number of nitrogens with one attached hydrogen (secondary N) is 2. The Morgan fingerprint density at radius 2 is 1.91 bits per heavy atom. The van der Waals surface area contributed by atoms with Gasteiger partial charge in [0.05, 0.1) is 0 Å². The molecule has 1 heterocycles. The molecule has 122 valence electrons. The van der Waals surface area contributed by atoms with Gasteiger partial charge in [-0.2, -0.15) is 0 Å². The first-order valence-electron chi connectivity index (χ1n) is 7.96. The van der Waals surface area contributed by atoms with Crippen LogP contribution in [0.4, 0.5) is 5.82 Å². The van der Waals surface area contributed by atoms with Gasteiger partial charge >= 0.3 is 0 Å². The van der Waals surface area contributed by atoms with Gasteiger partial charge in [-0.15, -0.1) is 0 Å². The summed E-state index contributed by atoms with van der Waals surface area (Å²) in [6.45, 7) is 7.43. The molecule has 0 bridgehead atoms. The van der Waals surface area contributed by atoms with Crippen LogP contribution in [0.25, 0.3) is 0 Å². The summed E-state index contributed by atoms with van der Waals surface area (Å²) in [5.41, 5.74) is 1.60. The SMILES string of the molecule is Cc1nc(NCC(C)C)cc(C(=O)NCCc2ccccc2)n1. The van der Waals surface area contributed by atoms with Gasteiger partial charge in [0, 0.05) is 19.2 Å². The van der Waals surface area contributed by atoms with Crippen molar-refractivity contribution >= 4 is 11.7 Å². The zero-order chi connectivity index (χ0) is 16.7. The summed E-state index contributed by atoms with van der Waals surface area (Å²) < 4.78 is 0. The lowest BCUT2D eigenvalue weighted by atomic mass is 10.1. The van der Waals surface area contributed by atoms with E-state index in [1.165, 1.54) is 5.56 Å². The molecule has 0 aliphatic rings. The number of aromatic nitrogens is 2. The second-order valence-electron chi connectivity index (χ2n) is 5.95. The number of carbonyl (C=O) groups is 1. The van der Waals surface area contributed by atoms with E-state index in [1.54, 1.807) is 13.0 Å². The van der Waals surface area contributed by atoms with E-state index in [4.69, 9.17) is 0 Å². The molecule has 2 aromatic rings. The van der Waals surface area contributed by atoms with Crippen LogP contribution in [0.15, 0.2) is 36.4 Å². The minimum atomic E-state index is -0.168. The fourth-order valence-electron chi connectivity index (χ4n) is 2.14. The summed E-state index contributed by atoms with van der Waals surface area (Å²) in [5, 5.41) is 6.14. The maximum absolute atomic E-state index is 12.2. The van der Waals surface area contributed by atoms with Crippen molar-refractivity contribution in [1.29, 1.82) is 0 Å². The minimum absolute atomic E-state index is 0.168. The number of benzene rings is 1. The third-order valence-corrected chi connectivity index (χ3v) is 3.30. The van der Waals surface area contributed by atoms with Crippen molar-refractivity contribution in [3.8, 4) is 0 Å². The lowest BCUT2D eigenvalue weighted by Crippen LogP contribution is -2.27. The Morgan fingerprint density at radius 1 is 1.17 bits per heavy atom. The van der Waals surface area contributed by atoms with Crippen molar-refractivity contribution in [2.45, 2.75) is 27.2 Å². The van der Waals surface area contributed by atoms with Crippen LogP contribution in [0.1, 0.15) is 35.7 Å². The van der Waals surface area contributed by atoms with Crippen molar-refractivity contribution in [3.63, 3.8) is 0 Å². The number of amides is 1. The number of carbonyl (C=O) groups excluding carboxylic acids is 1. The van der Waals surface area contributed by atoms with E-state index in [1.807, 2.05) is 18.2 Å². The Kier molecular flexibility index (Phi) is 6.09. The number of hydrogen-bond donors (Lipinski definition) is 2. The Morgan fingerprint density at radius 3 is 2.61 bits per heavy atom. The van der Waals surface area contributed by atoms with Gasteiger partial charge < -0.3 is 10.6 Å². The molecule has 5 heteroatoms. The number of hydrogen-bond acceptors (Lipinski definition) is 4. The van der Waals surface area contributed by atoms with Crippen LogP contribution in [0.3, 0.4) is 0 Å². The van der Waals surface area contributed by atoms with Crippen LogP contribution < -0.4 is 10.6 Å². The lowest BCUT2D eigenvalue weighted by molar-refractivity contribution is 0.0949. The Bertz CT molecular complexity index is 641. The van der Waals surface area contributed by atoms with E-state index >= 15 is 0 Å². The van der Waals surface area contributed by atoms with E-state index in [0.717, 1.165) is 13.0 Å². The summed E-state index contributed by atoms with van der Waals surface area (Å²) in [5.74, 6) is 1.62. The molecule has 0 spiro atoms. The highest BCUT2D eigenvalue weighted by atomic mass is 16.1. The normalized spacial score (nSPS) is 10.6. The van der Waals surface area contributed by atoms with Crippen molar-refractivity contribution in [1.82, 2.24) is 15.3 Å². The van der Waals surface area contributed by atoms with Gasteiger partial charge in [0.25, 0.3) is 5.91 Å². The highest BCUT2D eigenvalue weighted by molar-refractivity contribution is 5.92. The molecule has 0 saturated carbocycles. The molecule has 5 nitrogen and oxygen atoms in total. The molecular formula is C18H24N4O. The maximum atomic E-state index is 12.2. The zero-order valence-corrected chi connectivity index (χ0v) is 14.0. The first kappa shape index (κ1) is 16.9. The van der Waals surface area contributed by atoms with Crippen LogP contribution in [0.5, 0.6) is 0 Å². The Hall–Kier alpha value is -2.43. The molecule has 1 aromatic heterocycles. The van der Waals surface area contributed by atoms with Gasteiger partial charge in [-0.1, -0.05) is 44.2 Å². The Balaban J connectivity index is 1.93. The predicted molar refractivity (Wildman–Crippen MR) is 92.6 cm³/mol. The topological polar surface area (TPSA) is 66.9 Å². The standard InChI is InChI=1S/C18H24N4O/c1-13(2)12-20-17-11-16(21-14(3)22-17)18(23)19-10-9-15-7-5-4-6-8-15/h4-8,11,13H,9-10,12H2,1-3H3,(H,19,23)(H,20,21,22). The van der Waals surface area contributed by atoms with Gasteiger partial charge in [0.15, 0.2) is 0 Å². The molecule has 0 aliphatic heterocycles. The first-order valence-corrected chi connectivity index (χ1v) is 7.96. The van der Waals surface area contributed by atoms with E-state index in [9.17, 15) is 4.79 Å². The molecule has 1 amide bonds. The van der Waals surface area contributed by atoms with Crippen molar-refractivity contribution in [2.75, 3.05) is 18.4 Å². The lowest BCUT2D eigenvalue weighted by Gasteiger charge is -2.10. The van der Waals surface area contributed by atoms with Crippen molar-refractivity contribution in [2.24, 2.45) is 5.92 Å². The van der Waals surface area contributed by atoms with Crippen LogP contribution >= 0.6 is 0 Å². The molecule has 0 atom stereocenters. The average Bonchev–Trinajstić information content (AvgIpc) is 2.53. The maximum Gasteiger partial charge on any atom is 0.270 e. The van der Waals surface area contributed by atoms with Crippen LogP contribution in [-0.4, -0.2) is 29.0 Å². The molecule has 1 aromatic carbocycles. The van der Waals surface area contributed by atoms with Gasteiger partial charge in [-0.3, -0.25) is 4.79 Å². The van der Waals surface area contributed by atoms with E-state index in [2.05, 4.69) is 46.6 Å². The van der Waals surface area contributed by atoms with Crippen LogP contribution in [0, 0.1) is 12.8 Å². The summed E-state index contributed by atoms with van der Waals surface area (Å²) in [7, 11) is 0. The average molecular weight is 312 g/mol. The minimum Gasteiger partial charge on any atom is -0.370 e. The summed E-state index contributed by atoms with van der Waals surface area (Å²) in [6.07, 6.45) is 0.801. The van der Waals surface area contributed by atoms with Crippen LogP contribution in [-0.2, 0) is 6.42 Å². The second kappa shape index (κ2) is 8.27. The highest BCUT2D eigenvalue weighted by Gasteiger charge is 2.10. The smallest absolute Gasteiger partial charge is 0.270 e. The number of rotatable bonds is 7. The molecule has 23 heavy (non-hydrogen) atoms. The third kappa shape index (κ3) is 5.70. The van der Waals surface area contributed by atoms with Crippen LogP contribution in [0.2, 0.25) is 0 Å². The number of aryl methyl sites for hydroxylation is 1. The van der Waals surface area contributed by atoms with Crippen molar-refractivity contribution < 1.29 is 4.79 Å².